The number of hydrogen-bond acceptors (Lipinski definition) is 3. The van der Waals surface area contributed by atoms with Crippen LogP contribution in [0.25, 0.3) is 0 Å². The lowest BCUT2D eigenvalue weighted by atomic mass is 10.0. The number of anilines is 1. The van der Waals surface area contributed by atoms with Crippen LogP contribution in [0.1, 0.15) is 29.2 Å². The molecule has 0 bridgehead atoms. The number of piperidine rings is 1. The van der Waals surface area contributed by atoms with Gasteiger partial charge in [0.2, 0.25) is 0 Å². The molecule has 110 valence electrons. The van der Waals surface area contributed by atoms with Crippen molar-refractivity contribution in [1.82, 2.24) is 9.78 Å². The van der Waals surface area contributed by atoms with E-state index in [1.807, 2.05) is 16.9 Å². The highest BCUT2D eigenvalue weighted by Crippen LogP contribution is 2.27. The van der Waals surface area contributed by atoms with Gasteiger partial charge in [0, 0.05) is 31.2 Å². The first-order valence-electron chi connectivity index (χ1n) is 6.92. The number of aromatic carboxylic acids is 1. The van der Waals surface area contributed by atoms with Gasteiger partial charge < -0.3 is 10.0 Å². The molecule has 3 rings (SSSR count). The summed E-state index contributed by atoms with van der Waals surface area (Å²) in [7, 11) is 0. The molecule has 1 fully saturated rings. The van der Waals surface area contributed by atoms with Crippen LogP contribution in [0, 0.1) is 5.82 Å². The summed E-state index contributed by atoms with van der Waals surface area (Å²) in [6.07, 6.45) is 5.59. The number of hydrogen-bond donors (Lipinski definition) is 1. The van der Waals surface area contributed by atoms with Crippen LogP contribution in [0.3, 0.4) is 0 Å². The molecule has 0 radical (unpaired) electrons. The maximum absolute atomic E-state index is 13.4. The van der Waals surface area contributed by atoms with E-state index in [0.29, 0.717) is 6.04 Å². The molecule has 0 unspecified atom stereocenters. The Kier molecular flexibility index (Phi) is 3.60. The van der Waals surface area contributed by atoms with Crippen LogP contribution in [0.4, 0.5) is 10.1 Å². The van der Waals surface area contributed by atoms with E-state index < -0.39 is 11.8 Å². The Hall–Kier alpha value is -2.37. The summed E-state index contributed by atoms with van der Waals surface area (Å²) in [6.45, 7) is 1.60. The number of aromatic nitrogens is 2. The van der Waals surface area contributed by atoms with Crippen molar-refractivity contribution in [3.63, 3.8) is 0 Å². The van der Waals surface area contributed by atoms with Gasteiger partial charge in [-0.25, -0.2) is 9.18 Å². The van der Waals surface area contributed by atoms with Gasteiger partial charge in [-0.3, -0.25) is 4.68 Å². The summed E-state index contributed by atoms with van der Waals surface area (Å²) < 4.78 is 15.4. The second-order valence-electron chi connectivity index (χ2n) is 5.17. The van der Waals surface area contributed by atoms with Crippen LogP contribution in [0.2, 0.25) is 0 Å². The van der Waals surface area contributed by atoms with E-state index in [0.717, 1.165) is 31.6 Å². The summed E-state index contributed by atoms with van der Waals surface area (Å²) >= 11 is 0. The van der Waals surface area contributed by atoms with Gasteiger partial charge in [-0.05, 0) is 37.1 Å². The lowest BCUT2D eigenvalue weighted by Gasteiger charge is -2.33. The SMILES string of the molecule is O=C(O)c1cc(N2CCC(n3cccn3)CC2)ccc1F. The second kappa shape index (κ2) is 5.55. The molecule has 21 heavy (non-hydrogen) atoms. The third-order valence-corrected chi connectivity index (χ3v) is 3.91. The Labute approximate surface area is 121 Å². The van der Waals surface area contributed by atoms with Crippen LogP contribution < -0.4 is 4.90 Å². The maximum Gasteiger partial charge on any atom is 0.338 e. The van der Waals surface area contributed by atoms with Gasteiger partial charge >= 0.3 is 5.97 Å². The predicted molar refractivity (Wildman–Crippen MR) is 76.1 cm³/mol. The van der Waals surface area contributed by atoms with Crippen LogP contribution in [0.15, 0.2) is 36.7 Å². The Morgan fingerprint density at radius 2 is 2.10 bits per heavy atom. The molecule has 6 heteroatoms. The van der Waals surface area contributed by atoms with E-state index in [1.165, 1.54) is 12.1 Å². The minimum Gasteiger partial charge on any atom is -0.478 e. The molecule has 2 heterocycles. The number of nitrogens with zero attached hydrogens (tertiary/aromatic N) is 3. The molecule has 1 N–H and O–H groups in total. The zero-order valence-corrected chi connectivity index (χ0v) is 11.4. The smallest absolute Gasteiger partial charge is 0.338 e. The Morgan fingerprint density at radius 1 is 1.33 bits per heavy atom. The molecular formula is C15H16FN3O2. The molecule has 0 aliphatic carbocycles. The second-order valence-corrected chi connectivity index (χ2v) is 5.17. The van der Waals surface area contributed by atoms with Crippen LogP contribution in [0.5, 0.6) is 0 Å². The molecule has 2 aromatic rings. The normalized spacial score (nSPS) is 16.1. The number of carboxylic acids is 1. The van der Waals surface area contributed by atoms with Crippen LogP contribution >= 0.6 is 0 Å². The fraction of sp³-hybridized carbons (Fsp3) is 0.333. The number of rotatable bonds is 3. The minimum absolute atomic E-state index is 0.276. The molecule has 0 spiro atoms. The Morgan fingerprint density at radius 3 is 2.71 bits per heavy atom. The third-order valence-electron chi connectivity index (χ3n) is 3.91. The average molecular weight is 289 g/mol. The average Bonchev–Trinajstić information content (AvgIpc) is 3.02. The topological polar surface area (TPSA) is 58.4 Å². The molecule has 1 saturated heterocycles. The van der Waals surface area contributed by atoms with Gasteiger partial charge in [-0.2, -0.15) is 5.10 Å². The van der Waals surface area contributed by atoms with Crippen molar-refractivity contribution in [1.29, 1.82) is 0 Å². The highest BCUT2D eigenvalue weighted by Gasteiger charge is 2.22. The van der Waals surface area contributed by atoms with Crippen molar-refractivity contribution >= 4 is 11.7 Å². The molecule has 0 atom stereocenters. The number of carboxylic acid groups (broad SMARTS) is 1. The third kappa shape index (κ3) is 2.74. The first kappa shape index (κ1) is 13.6. The molecule has 1 aliphatic heterocycles. The summed E-state index contributed by atoms with van der Waals surface area (Å²) in [5.74, 6) is -1.93. The monoisotopic (exact) mass is 289 g/mol. The van der Waals surface area contributed by atoms with E-state index >= 15 is 0 Å². The van der Waals surface area contributed by atoms with Crippen molar-refractivity contribution < 1.29 is 14.3 Å². The van der Waals surface area contributed by atoms with E-state index in [-0.39, 0.29) is 5.56 Å². The lowest BCUT2D eigenvalue weighted by molar-refractivity contribution is 0.0692. The molecule has 0 saturated carbocycles. The van der Waals surface area contributed by atoms with Crippen molar-refractivity contribution in [2.45, 2.75) is 18.9 Å². The number of carbonyl (C=O) groups is 1. The van der Waals surface area contributed by atoms with Crippen molar-refractivity contribution in [3.8, 4) is 0 Å². The van der Waals surface area contributed by atoms with Gasteiger partial charge in [-0.15, -0.1) is 0 Å². The van der Waals surface area contributed by atoms with Gasteiger partial charge in [0.15, 0.2) is 0 Å². The van der Waals surface area contributed by atoms with Gasteiger partial charge in [0.25, 0.3) is 0 Å². The minimum atomic E-state index is -1.24. The first-order valence-corrected chi connectivity index (χ1v) is 6.92. The summed E-state index contributed by atoms with van der Waals surface area (Å²) in [6, 6.07) is 6.54. The van der Waals surface area contributed by atoms with Gasteiger partial charge in [-0.1, -0.05) is 0 Å². The lowest BCUT2D eigenvalue weighted by Crippen LogP contribution is -2.34. The zero-order chi connectivity index (χ0) is 14.8. The Bertz CT molecular complexity index is 634. The van der Waals surface area contributed by atoms with E-state index in [1.54, 1.807) is 12.3 Å². The number of halogens is 1. The van der Waals surface area contributed by atoms with Crippen LogP contribution in [-0.4, -0.2) is 33.9 Å². The summed E-state index contributed by atoms with van der Waals surface area (Å²) in [5, 5.41) is 13.2. The van der Waals surface area contributed by atoms with Crippen LogP contribution in [-0.2, 0) is 0 Å². The molecule has 1 aromatic heterocycles. The van der Waals surface area contributed by atoms with E-state index in [4.69, 9.17) is 5.11 Å². The van der Waals surface area contributed by atoms with Crippen molar-refractivity contribution in [2.75, 3.05) is 18.0 Å². The van der Waals surface area contributed by atoms with Gasteiger partial charge in [0.05, 0.1) is 11.6 Å². The highest BCUT2D eigenvalue weighted by molar-refractivity contribution is 5.89. The molecule has 5 nitrogen and oxygen atoms in total. The standard InChI is InChI=1S/C15H16FN3O2/c16-14-3-2-12(10-13(14)15(20)21)18-8-4-11(5-9-18)19-7-1-6-17-19/h1-3,6-7,10-11H,4-5,8-9H2,(H,20,21). The van der Waals surface area contributed by atoms with Crippen molar-refractivity contribution in [3.05, 3.63) is 48.0 Å². The highest BCUT2D eigenvalue weighted by atomic mass is 19.1. The fourth-order valence-corrected chi connectivity index (χ4v) is 2.76. The molecule has 1 aliphatic rings. The zero-order valence-electron chi connectivity index (χ0n) is 11.4. The van der Waals surface area contributed by atoms with E-state index in [2.05, 4.69) is 10.00 Å². The summed E-state index contributed by atoms with van der Waals surface area (Å²) in [4.78, 5) is 13.1. The van der Waals surface area contributed by atoms with Crippen molar-refractivity contribution in [2.24, 2.45) is 0 Å². The fourth-order valence-electron chi connectivity index (χ4n) is 2.76. The van der Waals surface area contributed by atoms with Gasteiger partial charge in [0.1, 0.15) is 5.82 Å². The predicted octanol–water partition coefficient (Wildman–Crippen LogP) is 2.56. The Balaban J connectivity index is 1.72. The number of benzene rings is 1. The molecule has 0 amide bonds. The maximum atomic E-state index is 13.4. The molecular weight excluding hydrogens is 273 g/mol. The summed E-state index contributed by atoms with van der Waals surface area (Å²) in [5.41, 5.74) is 0.481. The first-order chi connectivity index (χ1) is 10.1. The molecule has 1 aromatic carbocycles. The quantitative estimate of drug-likeness (QED) is 0.943. The largest absolute Gasteiger partial charge is 0.478 e. The van der Waals surface area contributed by atoms with E-state index in [9.17, 15) is 9.18 Å².